The molecule has 1 saturated heterocycles. The van der Waals surface area contributed by atoms with E-state index in [4.69, 9.17) is 0 Å². The highest BCUT2D eigenvalue weighted by atomic mass is 16.3. The minimum Gasteiger partial charge on any atom is -0.391 e. The van der Waals surface area contributed by atoms with Crippen LogP contribution in [0.1, 0.15) is 62.6 Å². The van der Waals surface area contributed by atoms with Crippen LogP contribution in [-0.2, 0) is 17.8 Å². The van der Waals surface area contributed by atoms with Crippen LogP contribution in [0.15, 0.2) is 6.33 Å². The first-order chi connectivity index (χ1) is 15.1. The van der Waals surface area contributed by atoms with Gasteiger partial charge >= 0.3 is 0 Å². The van der Waals surface area contributed by atoms with Crippen LogP contribution in [0.2, 0.25) is 0 Å². The fraction of sp³-hybridized carbons (Fsp3) is 0.792. The molecular formula is C24H35N5O2. The predicted octanol–water partition coefficient (Wildman–Crippen LogP) is 2.10. The van der Waals surface area contributed by atoms with Crippen LogP contribution in [0.3, 0.4) is 0 Å². The third kappa shape index (κ3) is 3.54. The van der Waals surface area contributed by atoms with Crippen molar-refractivity contribution in [3.05, 3.63) is 17.6 Å². The van der Waals surface area contributed by atoms with E-state index in [0.29, 0.717) is 19.6 Å². The van der Waals surface area contributed by atoms with Crippen molar-refractivity contribution in [2.24, 2.45) is 23.2 Å². The van der Waals surface area contributed by atoms with Gasteiger partial charge in [-0.2, -0.15) is 0 Å². The fourth-order valence-corrected chi connectivity index (χ4v) is 7.81. The smallest absolute Gasteiger partial charge is 0.240 e. The molecule has 7 nitrogen and oxygen atoms in total. The first-order valence-electron chi connectivity index (χ1n) is 12.4. The Balaban J connectivity index is 1.12. The van der Waals surface area contributed by atoms with E-state index in [1.165, 1.54) is 38.5 Å². The fourth-order valence-electron chi connectivity index (χ4n) is 7.81. The molecule has 6 aliphatic rings. The van der Waals surface area contributed by atoms with Crippen LogP contribution in [0.4, 0.5) is 5.82 Å². The predicted molar refractivity (Wildman–Crippen MR) is 117 cm³/mol. The summed E-state index contributed by atoms with van der Waals surface area (Å²) in [6.45, 7) is 2.76. The molecule has 4 bridgehead atoms. The molecule has 1 aromatic rings. The van der Waals surface area contributed by atoms with Crippen LogP contribution in [0.25, 0.3) is 0 Å². The second kappa shape index (κ2) is 7.69. The first-order valence-corrected chi connectivity index (χ1v) is 12.4. The van der Waals surface area contributed by atoms with Gasteiger partial charge in [0.15, 0.2) is 0 Å². The van der Waals surface area contributed by atoms with Gasteiger partial charge in [-0.25, -0.2) is 9.97 Å². The minimum atomic E-state index is -0.318. The van der Waals surface area contributed by atoms with E-state index in [1.54, 1.807) is 6.33 Å². The lowest BCUT2D eigenvalue weighted by Crippen LogP contribution is -2.53. The summed E-state index contributed by atoms with van der Waals surface area (Å²) < 4.78 is 0. The van der Waals surface area contributed by atoms with Crippen molar-refractivity contribution >= 4 is 11.7 Å². The lowest BCUT2D eigenvalue weighted by molar-refractivity contribution is -0.134. The zero-order valence-corrected chi connectivity index (χ0v) is 18.4. The molecule has 2 aliphatic heterocycles. The average Bonchev–Trinajstić information content (AvgIpc) is 3.30. The number of aliphatic hydroxyl groups excluding tert-OH is 1. The van der Waals surface area contributed by atoms with Crippen molar-refractivity contribution in [2.45, 2.75) is 76.5 Å². The van der Waals surface area contributed by atoms with Crippen LogP contribution in [0.5, 0.6) is 0 Å². The Morgan fingerprint density at radius 3 is 2.65 bits per heavy atom. The quantitative estimate of drug-likeness (QED) is 0.669. The Hall–Kier alpha value is -1.73. The molecule has 3 heterocycles. The summed E-state index contributed by atoms with van der Waals surface area (Å²) in [7, 11) is 0. The molecule has 4 saturated carbocycles. The molecule has 31 heavy (non-hydrogen) atoms. The molecule has 2 atom stereocenters. The molecule has 0 spiro atoms. The van der Waals surface area contributed by atoms with Gasteiger partial charge in [0.25, 0.3) is 0 Å². The van der Waals surface area contributed by atoms with Crippen LogP contribution < -0.4 is 10.6 Å². The normalized spacial score (nSPS) is 37.0. The number of fused-ring (bicyclic) bond motifs is 1. The van der Waals surface area contributed by atoms with Crippen LogP contribution >= 0.6 is 0 Å². The van der Waals surface area contributed by atoms with Gasteiger partial charge in [0.2, 0.25) is 5.91 Å². The Kier molecular flexibility index (Phi) is 4.94. The van der Waals surface area contributed by atoms with Gasteiger partial charge < -0.3 is 20.6 Å². The SMILES string of the molecule is O=C([C@H]1CCCN1)N1CCc2c(ncnc2NCC(O)C23CC4CC(CC(C4)C2)C3)C1. The van der Waals surface area contributed by atoms with Crippen molar-refractivity contribution in [2.75, 3.05) is 25.0 Å². The number of anilines is 1. The summed E-state index contributed by atoms with van der Waals surface area (Å²) in [4.78, 5) is 23.7. The highest BCUT2D eigenvalue weighted by Gasteiger charge is 2.53. The number of nitrogens with one attached hydrogen (secondary N) is 2. The Morgan fingerprint density at radius 1 is 1.23 bits per heavy atom. The third-order valence-electron chi connectivity index (χ3n) is 8.93. The number of hydrogen-bond acceptors (Lipinski definition) is 6. The number of aromatic nitrogens is 2. The van der Waals surface area contributed by atoms with Gasteiger partial charge in [-0.3, -0.25) is 4.79 Å². The van der Waals surface area contributed by atoms with E-state index >= 15 is 0 Å². The maximum atomic E-state index is 12.8. The number of carbonyl (C=O) groups is 1. The zero-order chi connectivity index (χ0) is 21.0. The maximum Gasteiger partial charge on any atom is 0.240 e. The van der Waals surface area contributed by atoms with Gasteiger partial charge in [-0.15, -0.1) is 0 Å². The van der Waals surface area contributed by atoms with E-state index < -0.39 is 0 Å². The van der Waals surface area contributed by atoms with Crippen molar-refractivity contribution in [1.29, 1.82) is 0 Å². The zero-order valence-electron chi connectivity index (χ0n) is 18.4. The molecule has 168 valence electrons. The Bertz CT molecular complexity index is 817. The van der Waals surface area contributed by atoms with E-state index in [2.05, 4.69) is 20.6 Å². The molecule has 0 radical (unpaired) electrons. The van der Waals surface area contributed by atoms with Crippen LogP contribution in [-0.4, -0.2) is 57.7 Å². The number of amides is 1. The van der Waals surface area contributed by atoms with Gasteiger partial charge in [0.1, 0.15) is 12.1 Å². The molecule has 4 aliphatic carbocycles. The summed E-state index contributed by atoms with van der Waals surface area (Å²) >= 11 is 0. The van der Waals surface area contributed by atoms with Gasteiger partial charge in [0.05, 0.1) is 24.4 Å². The van der Waals surface area contributed by atoms with Crippen LogP contribution in [0, 0.1) is 23.2 Å². The maximum absolute atomic E-state index is 12.8. The largest absolute Gasteiger partial charge is 0.391 e. The van der Waals surface area contributed by atoms with Crippen molar-refractivity contribution in [3.63, 3.8) is 0 Å². The molecule has 7 rings (SSSR count). The summed E-state index contributed by atoms with van der Waals surface area (Å²) in [5.74, 6) is 3.56. The number of aliphatic hydroxyl groups is 1. The summed E-state index contributed by atoms with van der Waals surface area (Å²) in [5, 5.41) is 18.0. The summed E-state index contributed by atoms with van der Waals surface area (Å²) in [6.07, 6.45) is 11.8. The highest BCUT2D eigenvalue weighted by Crippen LogP contribution is 2.61. The molecule has 3 N–H and O–H groups in total. The molecule has 0 aromatic carbocycles. The Morgan fingerprint density at radius 2 is 1.97 bits per heavy atom. The van der Waals surface area contributed by atoms with E-state index in [0.717, 1.165) is 60.6 Å². The van der Waals surface area contributed by atoms with Crippen molar-refractivity contribution < 1.29 is 9.90 Å². The second-order valence-electron chi connectivity index (χ2n) is 11.0. The molecule has 5 fully saturated rings. The molecule has 1 amide bonds. The summed E-state index contributed by atoms with van der Waals surface area (Å²) in [6, 6.07) is -0.0311. The second-order valence-corrected chi connectivity index (χ2v) is 11.0. The lowest BCUT2D eigenvalue weighted by Gasteiger charge is -2.58. The monoisotopic (exact) mass is 425 g/mol. The highest BCUT2D eigenvalue weighted by molar-refractivity contribution is 5.82. The number of rotatable bonds is 5. The third-order valence-corrected chi connectivity index (χ3v) is 8.93. The Labute approximate surface area is 184 Å². The van der Waals surface area contributed by atoms with E-state index in [-0.39, 0.29) is 23.5 Å². The van der Waals surface area contributed by atoms with Crippen molar-refractivity contribution in [3.8, 4) is 0 Å². The van der Waals surface area contributed by atoms with Gasteiger partial charge in [-0.1, -0.05) is 0 Å². The van der Waals surface area contributed by atoms with Gasteiger partial charge in [0, 0.05) is 18.7 Å². The topological polar surface area (TPSA) is 90.4 Å². The summed E-state index contributed by atoms with van der Waals surface area (Å²) in [5.41, 5.74) is 2.18. The molecule has 1 aromatic heterocycles. The standard InChI is InChI=1S/C24H35N5O2/c30-21(24-9-15-6-16(10-24)8-17(7-15)11-24)12-26-22-18-3-5-29(13-20(18)27-14-28-22)23(31)19-2-1-4-25-19/h14-17,19,21,25,30H,1-13H2,(H,26,27,28)/t15?,16?,17?,19-,21?,24?/m1/s1. The molecule has 7 heteroatoms. The number of carbonyl (C=O) groups excluding carboxylic acids is 1. The van der Waals surface area contributed by atoms with E-state index in [1.807, 2.05) is 4.90 Å². The average molecular weight is 426 g/mol. The number of nitrogens with zero attached hydrogens (tertiary/aromatic N) is 3. The first kappa shape index (κ1) is 19.9. The van der Waals surface area contributed by atoms with Crippen molar-refractivity contribution in [1.82, 2.24) is 20.2 Å². The molecular weight excluding hydrogens is 390 g/mol. The van der Waals surface area contributed by atoms with Gasteiger partial charge in [-0.05, 0) is 87.5 Å². The minimum absolute atomic E-state index is 0.0311. The lowest BCUT2D eigenvalue weighted by atomic mass is 9.48. The number of hydrogen-bond donors (Lipinski definition) is 3. The molecule has 1 unspecified atom stereocenters. The van der Waals surface area contributed by atoms with E-state index in [9.17, 15) is 9.90 Å².